The van der Waals surface area contributed by atoms with E-state index in [1.165, 1.54) is 0 Å². The first kappa shape index (κ1) is 16.2. The van der Waals surface area contributed by atoms with E-state index in [4.69, 9.17) is 4.74 Å². The van der Waals surface area contributed by atoms with E-state index in [0.717, 1.165) is 19.4 Å². The average molecular weight is 297 g/mol. The normalized spacial score (nSPS) is 24.5. The monoisotopic (exact) mass is 297 g/mol. The van der Waals surface area contributed by atoms with Gasteiger partial charge in [-0.25, -0.2) is 0 Å². The Morgan fingerprint density at radius 3 is 2.43 bits per heavy atom. The molecule has 0 radical (unpaired) electrons. The predicted molar refractivity (Wildman–Crippen MR) is 79.9 cm³/mol. The van der Waals surface area contributed by atoms with Crippen molar-refractivity contribution >= 4 is 11.8 Å². The van der Waals surface area contributed by atoms with Gasteiger partial charge in [-0.15, -0.1) is 0 Å². The highest BCUT2D eigenvalue weighted by atomic mass is 16.5. The minimum Gasteiger partial charge on any atom is -0.377 e. The van der Waals surface area contributed by atoms with Gasteiger partial charge in [0.15, 0.2) is 0 Å². The molecule has 2 aliphatic heterocycles. The molecule has 6 heteroatoms. The van der Waals surface area contributed by atoms with Gasteiger partial charge in [-0.05, 0) is 26.9 Å². The van der Waals surface area contributed by atoms with Crippen LogP contribution in [0.15, 0.2) is 0 Å². The lowest BCUT2D eigenvalue weighted by molar-refractivity contribution is -0.147. The molecule has 2 aliphatic rings. The smallest absolute Gasteiger partial charge is 0.226 e. The summed E-state index contributed by atoms with van der Waals surface area (Å²) in [6, 6.07) is 0.145. The Hall–Kier alpha value is -1.14. The second-order valence-corrected chi connectivity index (χ2v) is 6.30. The maximum Gasteiger partial charge on any atom is 0.226 e. The van der Waals surface area contributed by atoms with E-state index in [9.17, 15) is 9.59 Å². The summed E-state index contributed by atoms with van der Waals surface area (Å²) in [5.41, 5.74) is 0. The third-order valence-electron chi connectivity index (χ3n) is 4.38. The molecule has 6 nitrogen and oxygen atoms in total. The summed E-state index contributed by atoms with van der Waals surface area (Å²) in [6.45, 7) is 5.76. The molecule has 2 amide bonds. The molecule has 0 saturated carbocycles. The van der Waals surface area contributed by atoms with Crippen LogP contribution in [-0.4, -0.2) is 86.0 Å². The Bertz CT molecular complexity index is 378. The summed E-state index contributed by atoms with van der Waals surface area (Å²) >= 11 is 0. The number of carbonyl (C=O) groups excluding carboxylic acids is 2. The van der Waals surface area contributed by atoms with E-state index in [-0.39, 0.29) is 23.8 Å². The van der Waals surface area contributed by atoms with Crippen LogP contribution >= 0.6 is 0 Å². The van der Waals surface area contributed by atoms with Crippen molar-refractivity contribution in [3.05, 3.63) is 0 Å². The number of likely N-dealkylation sites (tertiary alicyclic amines) is 1. The van der Waals surface area contributed by atoms with E-state index in [1.54, 1.807) is 6.92 Å². The van der Waals surface area contributed by atoms with Crippen molar-refractivity contribution in [1.82, 2.24) is 14.7 Å². The van der Waals surface area contributed by atoms with Crippen molar-refractivity contribution in [1.29, 1.82) is 0 Å². The molecule has 0 aromatic carbocycles. The molecule has 21 heavy (non-hydrogen) atoms. The van der Waals surface area contributed by atoms with Crippen molar-refractivity contribution < 1.29 is 14.3 Å². The van der Waals surface area contributed by atoms with Crippen LogP contribution in [0.1, 0.15) is 19.8 Å². The van der Waals surface area contributed by atoms with Crippen LogP contribution < -0.4 is 0 Å². The fourth-order valence-electron chi connectivity index (χ4n) is 3.19. The van der Waals surface area contributed by atoms with Crippen LogP contribution in [0.3, 0.4) is 0 Å². The number of ether oxygens (including phenoxy) is 1. The third kappa shape index (κ3) is 4.17. The van der Waals surface area contributed by atoms with Crippen molar-refractivity contribution in [3.63, 3.8) is 0 Å². The number of hydrogen-bond donors (Lipinski definition) is 0. The lowest BCUT2D eigenvalue weighted by Gasteiger charge is -2.40. The van der Waals surface area contributed by atoms with Crippen LogP contribution in [0.4, 0.5) is 0 Å². The first-order valence-electron chi connectivity index (χ1n) is 7.77. The minimum absolute atomic E-state index is 0.0587. The Labute approximate surface area is 127 Å². The summed E-state index contributed by atoms with van der Waals surface area (Å²) in [5, 5.41) is 0. The van der Waals surface area contributed by atoms with Gasteiger partial charge in [-0.1, -0.05) is 0 Å². The molecule has 0 spiro atoms. The standard InChI is InChI=1S/C15H27N3O3/c1-12(19)17-6-4-13(5-7-17)15(20)18-8-9-21-11-14(18)10-16(2)3/h13-14H,4-11H2,1-3H3. The molecule has 0 aromatic rings. The quantitative estimate of drug-likeness (QED) is 0.738. The van der Waals surface area contributed by atoms with Crippen LogP contribution in [-0.2, 0) is 14.3 Å². The van der Waals surface area contributed by atoms with Crippen LogP contribution in [0.5, 0.6) is 0 Å². The van der Waals surface area contributed by atoms with E-state index in [1.807, 2.05) is 23.9 Å². The summed E-state index contributed by atoms with van der Waals surface area (Å²) < 4.78 is 5.53. The molecule has 120 valence electrons. The predicted octanol–water partition coefficient (Wildman–Crippen LogP) is 0.0339. The second kappa shape index (κ2) is 7.22. The lowest BCUT2D eigenvalue weighted by atomic mass is 9.94. The van der Waals surface area contributed by atoms with Gasteiger partial charge in [0, 0.05) is 39.0 Å². The third-order valence-corrected chi connectivity index (χ3v) is 4.38. The van der Waals surface area contributed by atoms with Gasteiger partial charge in [0.25, 0.3) is 0 Å². The Balaban J connectivity index is 1.93. The zero-order valence-electron chi connectivity index (χ0n) is 13.4. The van der Waals surface area contributed by atoms with Gasteiger partial charge in [-0.3, -0.25) is 9.59 Å². The number of nitrogens with zero attached hydrogens (tertiary/aromatic N) is 3. The average Bonchev–Trinajstić information content (AvgIpc) is 2.46. The number of rotatable bonds is 3. The fraction of sp³-hybridized carbons (Fsp3) is 0.867. The maximum absolute atomic E-state index is 12.8. The summed E-state index contributed by atoms with van der Waals surface area (Å²) in [5.74, 6) is 0.412. The molecular weight excluding hydrogens is 270 g/mol. The maximum atomic E-state index is 12.8. The van der Waals surface area contributed by atoms with Crippen LogP contribution in [0.2, 0.25) is 0 Å². The Kier molecular flexibility index (Phi) is 5.58. The molecule has 1 unspecified atom stereocenters. The van der Waals surface area contributed by atoms with Crippen LogP contribution in [0.25, 0.3) is 0 Å². The molecule has 2 saturated heterocycles. The van der Waals surface area contributed by atoms with Gasteiger partial charge < -0.3 is 19.4 Å². The number of hydrogen-bond acceptors (Lipinski definition) is 4. The van der Waals surface area contributed by atoms with Crippen LogP contribution in [0, 0.1) is 5.92 Å². The van der Waals surface area contributed by atoms with Gasteiger partial charge in [0.2, 0.25) is 11.8 Å². The van der Waals surface area contributed by atoms with Gasteiger partial charge in [-0.2, -0.15) is 0 Å². The number of amides is 2. The highest BCUT2D eigenvalue weighted by Gasteiger charge is 2.34. The summed E-state index contributed by atoms with van der Waals surface area (Å²) in [4.78, 5) is 30.1. The number of morpholine rings is 1. The molecule has 2 fully saturated rings. The molecule has 0 bridgehead atoms. The fourth-order valence-corrected chi connectivity index (χ4v) is 3.19. The van der Waals surface area contributed by atoms with Crippen molar-refractivity contribution in [2.24, 2.45) is 5.92 Å². The SMILES string of the molecule is CC(=O)N1CCC(C(=O)N2CCOCC2CN(C)C)CC1. The second-order valence-electron chi connectivity index (χ2n) is 6.30. The summed E-state index contributed by atoms with van der Waals surface area (Å²) in [7, 11) is 4.03. The first-order chi connectivity index (χ1) is 9.99. The zero-order chi connectivity index (χ0) is 15.4. The Morgan fingerprint density at radius 1 is 1.19 bits per heavy atom. The zero-order valence-corrected chi connectivity index (χ0v) is 13.4. The van der Waals surface area contributed by atoms with Crippen molar-refractivity contribution in [2.45, 2.75) is 25.8 Å². The number of carbonyl (C=O) groups is 2. The topological polar surface area (TPSA) is 53.1 Å². The number of likely N-dealkylation sites (N-methyl/N-ethyl adjacent to an activating group) is 1. The van der Waals surface area contributed by atoms with E-state index < -0.39 is 0 Å². The van der Waals surface area contributed by atoms with E-state index in [0.29, 0.717) is 32.8 Å². The van der Waals surface area contributed by atoms with Gasteiger partial charge in [0.1, 0.15) is 0 Å². The molecule has 1 atom stereocenters. The molecule has 2 rings (SSSR count). The molecule has 0 aromatic heterocycles. The minimum atomic E-state index is 0.0587. The largest absolute Gasteiger partial charge is 0.377 e. The van der Waals surface area contributed by atoms with E-state index >= 15 is 0 Å². The lowest BCUT2D eigenvalue weighted by Crippen LogP contribution is -2.55. The first-order valence-corrected chi connectivity index (χ1v) is 7.77. The summed E-state index contributed by atoms with van der Waals surface area (Å²) in [6.07, 6.45) is 1.56. The molecule has 0 aliphatic carbocycles. The molecule has 2 heterocycles. The van der Waals surface area contributed by atoms with Gasteiger partial charge in [0.05, 0.1) is 19.3 Å². The van der Waals surface area contributed by atoms with Gasteiger partial charge >= 0.3 is 0 Å². The van der Waals surface area contributed by atoms with Crippen molar-refractivity contribution in [3.8, 4) is 0 Å². The number of piperidine rings is 1. The van der Waals surface area contributed by atoms with Crippen molar-refractivity contribution in [2.75, 3.05) is 53.5 Å². The Morgan fingerprint density at radius 2 is 1.86 bits per heavy atom. The highest BCUT2D eigenvalue weighted by molar-refractivity contribution is 5.80. The van der Waals surface area contributed by atoms with E-state index in [2.05, 4.69) is 4.90 Å². The highest BCUT2D eigenvalue weighted by Crippen LogP contribution is 2.22. The molecular formula is C15H27N3O3. The molecule has 0 N–H and O–H groups in total.